The van der Waals surface area contributed by atoms with E-state index in [0.717, 1.165) is 38.5 Å². The van der Waals surface area contributed by atoms with Gasteiger partial charge in [0.2, 0.25) is 5.91 Å². The number of rotatable bonds is 8. The van der Waals surface area contributed by atoms with E-state index < -0.39 is 6.03 Å². The zero-order chi connectivity index (χ0) is 19.6. The monoisotopic (exact) mass is 376 g/mol. The summed E-state index contributed by atoms with van der Waals surface area (Å²) in [7, 11) is 0. The average Bonchev–Trinajstić information content (AvgIpc) is 2.63. The molecule has 7 heteroatoms. The predicted molar refractivity (Wildman–Crippen MR) is 106 cm³/mol. The number of amides is 3. The molecule has 0 bridgehead atoms. The molecular formula is C20H32N4O3. The Balaban J connectivity index is 1.67. The highest BCUT2D eigenvalue weighted by Crippen LogP contribution is 2.14. The van der Waals surface area contributed by atoms with Crippen molar-refractivity contribution in [2.45, 2.75) is 27.3 Å². The molecule has 0 atom stereocenters. The number of ether oxygens (including phenoxy) is 1. The van der Waals surface area contributed by atoms with Crippen molar-refractivity contribution in [3.8, 4) is 5.75 Å². The quantitative estimate of drug-likeness (QED) is 0.722. The Bertz CT molecular complexity index is 596. The lowest BCUT2D eigenvalue weighted by Gasteiger charge is -2.34. The van der Waals surface area contributed by atoms with Crippen LogP contribution < -0.4 is 15.4 Å². The van der Waals surface area contributed by atoms with Crippen molar-refractivity contribution in [2.24, 2.45) is 5.92 Å². The number of hydrogen-bond donors (Lipinski definition) is 2. The van der Waals surface area contributed by atoms with Gasteiger partial charge in [0.05, 0.1) is 13.2 Å². The van der Waals surface area contributed by atoms with E-state index in [1.54, 1.807) is 0 Å². The first-order valence-corrected chi connectivity index (χ1v) is 9.70. The fourth-order valence-corrected chi connectivity index (χ4v) is 2.93. The summed E-state index contributed by atoms with van der Waals surface area (Å²) in [4.78, 5) is 28.1. The standard InChI is InChI=1S/C20H32N4O3/c1-4-27-18-7-5-17(6-8-18)14-23-9-11-24(12-10-23)15-19(25)22-20(26)21-13-16(2)3/h5-8,16H,4,9-15H2,1-3H3,(H2,21,22,25,26). The Kier molecular flexibility index (Phi) is 8.54. The molecule has 27 heavy (non-hydrogen) atoms. The van der Waals surface area contributed by atoms with E-state index in [2.05, 4.69) is 32.6 Å². The van der Waals surface area contributed by atoms with E-state index >= 15 is 0 Å². The lowest BCUT2D eigenvalue weighted by molar-refractivity contribution is -0.121. The topological polar surface area (TPSA) is 73.9 Å². The second-order valence-electron chi connectivity index (χ2n) is 7.28. The van der Waals surface area contributed by atoms with Crippen molar-refractivity contribution in [1.82, 2.24) is 20.4 Å². The fraction of sp³-hybridized carbons (Fsp3) is 0.600. The van der Waals surface area contributed by atoms with Gasteiger partial charge >= 0.3 is 6.03 Å². The van der Waals surface area contributed by atoms with E-state index in [9.17, 15) is 9.59 Å². The van der Waals surface area contributed by atoms with Gasteiger partial charge in [0, 0.05) is 39.3 Å². The summed E-state index contributed by atoms with van der Waals surface area (Å²) in [5.41, 5.74) is 1.26. The third kappa shape index (κ3) is 7.97. The summed E-state index contributed by atoms with van der Waals surface area (Å²) in [6, 6.07) is 7.79. The summed E-state index contributed by atoms with van der Waals surface area (Å²) in [6.45, 7) is 11.8. The smallest absolute Gasteiger partial charge is 0.321 e. The lowest BCUT2D eigenvalue weighted by atomic mass is 10.2. The molecule has 1 aromatic rings. The minimum absolute atomic E-state index is 0.254. The molecule has 1 heterocycles. The summed E-state index contributed by atoms with van der Waals surface area (Å²) < 4.78 is 5.47. The minimum atomic E-state index is -0.414. The lowest BCUT2D eigenvalue weighted by Crippen LogP contribution is -2.51. The minimum Gasteiger partial charge on any atom is -0.494 e. The van der Waals surface area contributed by atoms with Crippen molar-refractivity contribution in [2.75, 3.05) is 45.9 Å². The van der Waals surface area contributed by atoms with Crippen molar-refractivity contribution >= 4 is 11.9 Å². The number of nitrogens with zero attached hydrogens (tertiary/aromatic N) is 2. The summed E-state index contributed by atoms with van der Waals surface area (Å²) in [6.07, 6.45) is 0. The Labute approximate surface area is 162 Å². The maximum Gasteiger partial charge on any atom is 0.321 e. The predicted octanol–water partition coefficient (Wildman–Crippen LogP) is 1.68. The van der Waals surface area contributed by atoms with Crippen molar-refractivity contribution in [3.05, 3.63) is 29.8 Å². The van der Waals surface area contributed by atoms with E-state index in [1.807, 2.05) is 32.9 Å². The molecule has 150 valence electrons. The van der Waals surface area contributed by atoms with Crippen LogP contribution in [0.3, 0.4) is 0 Å². The number of nitrogens with one attached hydrogen (secondary N) is 2. The Morgan fingerprint density at radius 1 is 1.07 bits per heavy atom. The second kappa shape index (κ2) is 10.9. The molecule has 0 saturated carbocycles. The maximum atomic E-state index is 12.0. The first-order valence-electron chi connectivity index (χ1n) is 9.70. The van der Waals surface area contributed by atoms with Crippen LogP contribution in [-0.4, -0.2) is 67.6 Å². The second-order valence-corrected chi connectivity index (χ2v) is 7.28. The maximum absolute atomic E-state index is 12.0. The van der Waals surface area contributed by atoms with E-state index in [4.69, 9.17) is 4.74 Å². The molecule has 3 amide bonds. The third-order valence-corrected chi connectivity index (χ3v) is 4.40. The number of carbonyl (C=O) groups is 2. The van der Waals surface area contributed by atoms with Gasteiger partial charge in [-0.15, -0.1) is 0 Å². The van der Waals surface area contributed by atoms with Crippen LogP contribution in [0.1, 0.15) is 26.3 Å². The third-order valence-electron chi connectivity index (χ3n) is 4.40. The van der Waals surface area contributed by atoms with Crippen LogP contribution >= 0.6 is 0 Å². The summed E-state index contributed by atoms with van der Waals surface area (Å²) in [5, 5.41) is 5.08. The van der Waals surface area contributed by atoms with Crippen molar-refractivity contribution in [3.63, 3.8) is 0 Å². The Morgan fingerprint density at radius 2 is 1.70 bits per heavy atom. The average molecular weight is 377 g/mol. The number of benzene rings is 1. The summed E-state index contributed by atoms with van der Waals surface area (Å²) in [5.74, 6) is 1.00. The molecule has 1 aliphatic heterocycles. The zero-order valence-electron chi connectivity index (χ0n) is 16.7. The summed E-state index contributed by atoms with van der Waals surface area (Å²) >= 11 is 0. The molecule has 1 aliphatic rings. The molecule has 1 aromatic carbocycles. The molecule has 2 rings (SSSR count). The molecule has 0 spiro atoms. The highest BCUT2D eigenvalue weighted by Gasteiger charge is 2.20. The Hall–Kier alpha value is -2.12. The number of hydrogen-bond acceptors (Lipinski definition) is 5. The SMILES string of the molecule is CCOc1ccc(CN2CCN(CC(=O)NC(=O)NCC(C)C)CC2)cc1. The molecule has 1 fully saturated rings. The van der Waals surface area contributed by atoms with Gasteiger partial charge in [-0.1, -0.05) is 26.0 Å². The van der Waals surface area contributed by atoms with Gasteiger partial charge in [0.15, 0.2) is 0 Å². The van der Waals surface area contributed by atoms with E-state index in [1.165, 1.54) is 5.56 Å². The molecule has 2 N–H and O–H groups in total. The molecule has 0 unspecified atom stereocenters. The number of piperazine rings is 1. The van der Waals surface area contributed by atoms with Crippen molar-refractivity contribution in [1.29, 1.82) is 0 Å². The molecule has 0 radical (unpaired) electrons. The largest absolute Gasteiger partial charge is 0.494 e. The first-order chi connectivity index (χ1) is 13.0. The molecule has 7 nitrogen and oxygen atoms in total. The van der Waals surface area contributed by atoms with E-state index in [-0.39, 0.29) is 12.5 Å². The Morgan fingerprint density at radius 3 is 2.30 bits per heavy atom. The van der Waals surface area contributed by atoms with Gasteiger partial charge in [-0.25, -0.2) is 4.79 Å². The van der Waals surface area contributed by atoms with Crippen LogP contribution in [0.2, 0.25) is 0 Å². The molecule has 0 aliphatic carbocycles. The van der Waals surface area contributed by atoms with Gasteiger partial charge in [-0.2, -0.15) is 0 Å². The molecular weight excluding hydrogens is 344 g/mol. The van der Waals surface area contributed by atoms with Crippen LogP contribution in [-0.2, 0) is 11.3 Å². The molecule has 1 saturated heterocycles. The highest BCUT2D eigenvalue weighted by atomic mass is 16.5. The van der Waals surface area contributed by atoms with Gasteiger partial charge in [-0.05, 0) is 30.5 Å². The number of urea groups is 1. The van der Waals surface area contributed by atoms with Crippen LogP contribution in [0, 0.1) is 5.92 Å². The first kappa shape index (κ1) is 21.2. The number of imide groups is 1. The fourth-order valence-electron chi connectivity index (χ4n) is 2.93. The van der Waals surface area contributed by atoms with Crippen LogP contribution in [0.25, 0.3) is 0 Å². The molecule has 0 aromatic heterocycles. The van der Waals surface area contributed by atoms with Crippen LogP contribution in [0.4, 0.5) is 4.79 Å². The van der Waals surface area contributed by atoms with Gasteiger partial charge in [-0.3, -0.25) is 19.9 Å². The van der Waals surface area contributed by atoms with Gasteiger partial charge in [0.25, 0.3) is 0 Å². The van der Waals surface area contributed by atoms with Crippen molar-refractivity contribution < 1.29 is 14.3 Å². The number of carbonyl (C=O) groups excluding carboxylic acids is 2. The van der Waals surface area contributed by atoms with E-state index in [0.29, 0.717) is 19.1 Å². The van der Waals surface area contributed by atoms with Crippen LogP contribution in [0.5, 0.6) is 5.75 Å². The zero-order valence-corrected chi connectivity index (χ0v) is 16.7. The normalized spacial score (nSPS) is 15.6. The van der Waals surface area contributed by atoms with Crippen LogP contribution in [0.15, 0.2) is 24.3 Å². The van der Waals surface area contributed by atoms with Gasteiger partial charge < -0.3 is 10.1 Å². The van der Waals surface area contributed by atoms with Gasteiger partial charge in [0.1, 0.15) is 5.75 Å². The highest BCUT2D eigenvalue weighted by molar-refractivity contribution is 5.95.